The number of rotatable bonds is 3. The number of carbonyl (C=O) groups is 2. The van der Waals surface area contributed by atoms with Crippen LogP contribution in [0.3, 0.4) is 0 Å². The van der Waals surface area contributed by atoms with Crippen LogP contribution in [-0.2, 0) is 14.3 Å². The minimum atomic E-state index is -0.484. The van der Waals surface area contributed by atoms with Crippen LogP contribution in [0.5, 0.6) is 0 Å². The van der Waals surface area contributed by atoms with Gasteiger partial charge >= 0.3 is 5.97 Å². The first-order valence-corrected chi connectivity index (χ1v) is 13.3. The zero-order valence-electron chi connectivity index (χ0n) is 20.9. The van der Waals surface area contributed by atoms with Crippen LogP contribution >= 0.6 is 0 Å². The number of ketones is 1. The van der Waals surface area contributed by atoms with Crippen LogP contribution in [0, 0.1) is 40.4 Å². The molecule has 3 N–H and O–H groups in total. The highest BCUT2D eigenvalue weighted by Crippen LogP contribution is 2.66. The maximum atomic E-state index is 13.3. The molecule has 35 heavy (non-hydrogen) atoms. The fourth-order valence-electron chi connectivity index (χ4n) is 8.68. The molecule has 5 aliphatic rings. The summed E-state index contributed by atoms with van der Waals surface area (Å²) in [4.78, 5) is 25.3. The third kappa shape index (κ3) is 3.45. The lowest BCUT2D eigenvalue weighted by atomic mass is 9.47. The quantitative estimate of drug-likeness (QED) is 0.484. The lowest BCUT2D eigenvalue weighted by molar-refractivity contribution is -0.171. The van der Waals surface area contributed by atoms with Crippen molar-refractivity contribution in [3.05, 3.63) is 53.6 Å². The standard InChI is InChI=1S/C30H37NO4/c1-16-12-24-21-9-6-18-13-20(32)10-11-29(18,2)26(21)25(33)15-30(24,3)27(16)35-28(34)23-14-22(23)17-4-7-19(31)8-5-17/h4-5,7-8,10-11,13,16,21-27,33H,6,9,12,14-15,31H2,1-3H3/t16?,21?,22?,23-,24?,25?,26?,27?,29?,30?/m0/s1. The van der Waals surface area contributed by atoms with E-state index < -0.39 is 6.10 Å². The van der Waals surface area contributed by atoms with Crippen LogP contribution in [0.2, 0.25) is 0 Å². The molecule has 5 nitrogen and oxygen atoms in total. The smallest absolute Gasteiger partial charge is 0.309 e. The Balaban J connectivity index is 1.21. The summed E-state index contributed by atoms with van der Waals surface area (Å²) in [7, 11) is 0. The number of nitrogens with two attached hydrogens (primary N) is 1. The predicted octanol–water partition coefficient (Wildman–Crippen LogP) is 4.81. The molecule has 4 fully saturated rings. The molecule has 0 spiro atoms. The van der Waals surface area contributed by atoms with Gasteiger partial charge < -0.3 is 15.6 Å². The number of carbonyl (C=O) groups excluding carboxylic acids is 2. The molecule has 0 radical (unpaired) electrons. The van der Waals surface area contributed by atoms with Gasteiger partial charge in [0.15, 0.2) is 5.78 Å². The van der Waals surface area contributed by atoms with Gasteiger partial charge in [-0.2, -0.15) is 0 Å². The Morgan fingerprint density at radius 2 is 1.91 bits per heavy atom. The molecule has 186 valence electrons. The molecular weight excluding hydrogens is 438 g/mol. The molecule has 0 heterocycles. The molecule has 0 amide bonds. The molecule has 0 bridgehead atoms. The van der Waals surface area contributed by atoms with Crippen molar-refractivity contribution in [2.75, 3.05) is 5.73 Å². The van der Waals surface area contributed by atoms with E-state index >= 15 is 0 Å². The van der Waals surface area contributed by atoms with Crippen LogP contribution in [-0.4, -0.2) is 29.1 Å². The second-order valence-corrected chi connectivity index (χ2v) is 12.5. The number of fused-ring (bicyclic) bond motifs is 5. The zero-order chi connectivity index (χ0) is 24.7. The molecule has 4 saturated carbocycles. The average Bonchev–Trinajstić information content (AvgIpc) is 3.57. The van der Waals surface area contributed by atoms with Gasteiger partial charge in [0.05, 0.1) is 12.0 Å². The van der Waals surface area contributed by atoms with Crippen molar-refractivity contribution in [2.45, 2.75) is 71.0 Å². The van der Waals surface area contributed by atoms with Gasteiger partial charge in [0.25, 0.3) is 0 Å². The second-order valence-electron chi connectivity index (χ2n) is 12.5. The highest BCUT2D eigenvalue weighted by Gasteiger charge is 2.64. The highest BCUT2D eigenvalue weighted by molar-refractivity contribution is 6.01. The lowest BCUT2D eigenvalue weighted by Crippen LogP contribution is -2.57. The molecule has 9 unspecified atom stereocenters. The summed E-state index contributed by atoms with van der Waals surface area (Å²) in [6.45, 7) is 6.66. The van der Waals surface area contributed by atoms with E-state index in [1.807, 2.05) is 30.3 Å². The van der Waals surface area contributed by atoms with E-state index in [1.54, 1.807) is 12.2 Å². The molecule has 6 rings (SSSR count). The van der Waals surface area contributed by atoms with Crippen molar-refractivity contribution in [3.8, 4) is 0 Å². The van der Waals surface area contributed by atoms with E-state index in [-0.39, 0.29) is 52.4 Å². The van der Waals surface area contributed by atoms with Gasteiger partial charge in [-0.3, -0.25) is 9.59 Å². The SMILES string of the molecule is CC1CC2C3CCC4=CC(=O)C=CC4(C)C3C(O)CC2(C)C1OC(=O)[C@H]1CC1c1ccc(N)cc1. The molecular formula is C30H37NO4. The van der Waals surface area contributed by atoms with Gasteiger partial charge in [0.2, 0.25) is 0 Å². The van der Waals surface area contributed by atoms with Crippen molar-refractivity contribution < 1.29 is 19.4 Å². The van der Waals surface area contributed by atoms with Crippen molar-refractivity contribution in [1.82, 2.24) is 0 Å². The van der Waals surface area contributed by atoms with Crippen molar-refractivity contribution in [3.63, 3.8) is 0 Å². The van der Waals surface area contributed by atoms with Gasteiger partial charge in [-0.15, -0.1) is 0 Å². The number of ether oxygens (including phenoxy) is 1. The summed E-state index contributed by atoms with van der Waals surface area (Å²) < 4.78 is 6.32. The van der Waals surface area contributed by atoms with Gasteiger partial charge in [0.1, 0.15) is 6.10 Å². The largest absolute Gasteiger partial charge is 0.461 e. The normalized spacial score (nSPS) is 45.7. The third-order valence-electron chi connectivity index (χ3n) is 10.4. The number of hydrogen-bond acceptors (Lipinski definition) is 5. The number of aliphatic hydroxyl groups is 1. The first kappa shape index (κ1) is 23.0. The fraction of sp³-hybridized carbons (Fsp3) is 0.600. The molecule has 5 heteroatoms. The summed E-state index contributed by atoms with van der Waals surface area (Å²) in [5.74, 6) is 1.24. The first-order valence-electron chi connectivity index (χ1n) is 13.3. The van der Waals surface area contributed by atoms with Gasteiger partial charge in [-0.25, -0.2) is 0 Å². The van der Waals surface area contributed by atoms with Crippen molar-refractivity contribution in [1.29, 1.82) is 0 Å². The Kier molecular flexibility index (Phi) is 5.13. The Morgan fingerprint density at radius 3 is 2.66 bits per heavy atom. The second kappa shape index (κ2) is 7.80. The highest BCUT2D eigenvalue weighted by atomic mass is 16.5. The zero-order valence-corrected chi connectivity index (χ0v) is 20.9. The summed E-state index contributed by atoms with van der Waals surface area (Å²) in [5, 5.41) is 11.6. The van der Waals surface area contributed by atoms with Crippen LogP contribution < -0.4 is 5.73 Å². The molecule has 1 aromatic rings. The predicted molar refractivity (Wildman–Crippen MR) is 134 cm³/mol. The van der Waals surface area contributed by atoms with Crippen LogP contribution in [0.15, 0.2) is 48.1 Å². The topological polar surface area (TPSA) is 89.6 Å². The lowest BCUT2D eigenvalue weighted by Gasteiger charge is -2.58. The van der Waals surface area contributed by atoms with Crippen LogP contribution in [0.25, 0.3) is 0 Å². The Morgan fingerprint density at radius 1 is 1.17 bits per heavy atom. The van der Waals surface area contributed by atoms with Gasteiger partial charge in [0, 0.05) is 22.4 Å². The Labute approximate surface area is 207 Å². The molecule has 0 aromatic heterocycles. The van der Waals surface area contributed by atoms with Crippen molar-refractivity contribution in [2.24, 2.45) is 40.4 Å². The minimum Gasteiger partial charge on any atom is -0.461 e. The minimum absolute atomic E-state index is 0.0601. The summed E-state index contributed by atoms with van der Waals surface area (Å²) in [5.41, 5.74) is 8.38. The molecule has 5 aliphatic carbocycles. The van der Waals surface area contributed by atoms with E-state index in [1.165, 1.54) is 5.57 Å². The van der Waals surface area contributed by atoms with Gasteiger partial charge in [-0.1, -0.05) is 44.6 Å². The number of nitrogen functional groups attached to an aromatic ring is 1. The number of esters is 1. The number of allylic oxidation sites excluding steroid dienone is 4. The molecule has 1 aromatic carbocycles. The number of anilines is 1. The monoisotopic (exact) mass is 475 g/mol. The van der Waals surface area contributed by atoms with E-state index in [0.29, 0.717) is 18.3 Å². The van der Waals surface area contributed by atoms with Gasteiger partial charge in [-0.05, 0) is 85.6 Å². The van der Waals surface area contributed by atoms with Crippen LogP contribution in [0.4, 0.5) is 5.69 Å². The van der Waals surface area contributed by atoms with E-state index in [0.717, 1.165) is 36.9 Å². The summed E-state index contributed by atoms with van der Waals surface area (Å²) in [6, 6.07) is 7.81. The fourth-order valence-corrected chi connectivity index (χ4v) is 8.68. The maximum Gasteiger partial charge on any atom is 0.309 e. The first-order chi connectivity index (χ1) is 16.6. The number of aliphatic hydroxyl groups excluding tert-OH is 1. The van der Waals surface area contributed by atoms with E-state index in [4.69, 9.17) is 10.5 Å². The van der Waals surface area contributed by atoms with Crippen molar-refractivity contribution >= 4 is 17.4 Å². The maximum absolute atomic E-state index is 13.3. The molecule has 0 saturated heterocycles. The van der Waals surface area contributed by atoms with Crippen LogP contribution in [0.1, 0.15) is 64.4 Å². The molecule has 0 aliphatic heterocycles. The van der Waals surface area contributed by atoms with E-state index in [2.05, 4.69) is 20.8 Å². The molecule has 10 atom stereocenters. The number of benzene rings is 1. The summed E-state index contributed by atoms with van der Waals surface area (Å²) >= 11 is 0. The average molecular weight is 476 g/mol. The Bertz CT molecular complexity index is 1120. The summed E-state index contributed by atoms with van der Waals surface area (Å²) in [6.07, 6.45) is 9.25. The van der Waals surface area contributed by atoms with E-state index in [9.17, 15) is 14.7 Å². The Hall–Kier alpha value is -2.40. The number of hydrogen-bond donors (Lipinski definition) is 2. The third-order valence-corrected chi connectivity index (χ3v) is 10.4.